The lowest BCUT2D eigenvalue weighted by Crippen LogP contribution is -2.37. The minimum Gasteiger partial charge on any atom is -0.336 e. The molecule has 0 bridgehead atoms. The second-order valence-corrected chi connectivity index (χ2v) is 6.98. The van der Waals surface area contributed by atoms with Gasteiger partial charge in [0.05, 0.1) is 12.2 Å². The SMILES string of the molecule is CC(CC(=O)N1CCCC1c1cnn(C)c1)C1CCCNC1.Cl.Cl. The van der Waals surface area contributed by atoms with Gasteiger partial charge in [0.2, 0.25) is 5.91 Å². The average molecular weight is 377 g/mol. The smallest absolute Gasteiger partial charge is 0.223 e. The Balaban J connectivity index is 0.00000144. The molecule has 5 nitrogen and oxygen atoms in total. The van der Waals surface area contributed by atoms with E-state index in [0.29, 0.717) is 24.2 Å². The molecular formula is C17H30Cl2N4O. The Morgan fingerprint density at radius 3 is 2.79 bits per heavy atom. The topological polar surface area (TPSA) is 50.2 Å². The Bertz CT molecular complexity index is 516. The fourth-order valence-electron chi connectivity index (χ4n) is 3.95. The highest BCUT2D eigenvalue weighted by Gasteiger charge is 2.32. The lowest BCUT2D eigenvalue weighted by molar-refractivity contribution is -0.133. The van der Waals surface area contributed by atoms with Gasteiger partial charge in [-0.1, -0.05) is 6.92 Å². The van der Waals surface area contributed by atoms with Crippen LogP contribution in [0.15, 0.2) is 12.4 Å². The van der Waals surface area contributed by atoms with Crippen LogP contribution in [0.25, 0.3) is 0 Å². The maximum atomic E-state index is 12.8. The number of carbonyl (C=O) groups excluding carboxylic acids is 1. The van der Waals surface area contributed by atoms with Crippen molar-refractivity contribution in [2.24, 2.45) is 18.9 Å². The summed E-state index contributed by atoms with van der Waals surface area (Å²) in [7, 11) is 1.93. The molecule has 3 heterocycles. The van der Waals surface area contributed by atoms with Gasteiger partial charge < -0.3 is 10.2 Å². The van der Waals surface area contributed by atoms with Crippen molar-refractivity contribution >= 4 is 30.7 Å². The molecule has 0 spiro atoms. The maximum absolute atomic E-state index is 12.8. The van der Waals surface area contributed by atoms with Gasteiger partial charge in [-0.2, -0.15) is 5.10 Å². The Kier molecular flexibility index (Phi) is 8.54. The lowest BCUT2D eigenvalue weighted by atomic mass is 9.85. The molecule has 1 aromatic heterocycles. The van der Waals surface area contributed by atoms with Crippen LogP contribution in [-0.4, -0.2) is 40.2 Å². The van der Waals surface area contributed by atoms with Crippen LogP contribution in [0, 0.1) is 11.8 Å². The molecule has 24 heavy (non-hydrogen) atoms. The molecular weight excluding hydrogens is 347 g/mol. The molecule has 7 heteroatoms. The summed E-state index contributed by atoms with van der Waals surface area (Å²) >= 11 is 0. The van der Waals surface area contributed by atoms with Gasteiger partial charge in [0.25, 0.3) is 0 Å². The predicted molar refractivity (Wildman–Crippen MR) is 101 cm³/mol. The molecule has 138 valence electrons. The monoisotopic (exact) mass is 376 g/mol. The van der Waals surface area contributed by atoms with Gasteiger partial charge in [-0.3, -0.25) is 9.48 Å². The minimum atomic E-state index is 0. The third kappa shape index (κ3) is 4.87. The van der Waals surface area contributed by atoms with Crippen molar-refractivity contribution in [3.63, 3.8) is 0 Å². The Hall–Kier alpha value is -0.780. The van der Waals surface area contributed by atoms with Gasteiger partial charge in [-0.05, 0) is 50.6 Å². The molecule has 3 unspecified atom stereocenters. The van der Waals surface area contributed by atoms with Gasteiger partial charge >= 0.3 is 0 Å². The molecule has 1 N–H and O–H groups in total. The van der Waals surface area contributed by atoms with Crippen molar-refractivity contribution < 1.29 is 4.79 Å². The summed E-state index contributed by atoms with van der Waals surface area (Å²) in [6.45, 7) is 5.34. The van der Waals surface area contributed by atoms with Gasteiger partial charge in [-0.25, -0.2) is 0 Å². The molecule has 2 fully saturated rings. The van der Waals surface area contributed by atoms with Gasteiger partial charge in [0.1, 0.15) is 0 Å². The van der Waals surface area contributed by atoms with Crippen LogP contribution in [0.2, 0.25) is 0 Å². The third-order valence-corrected chi connectivity index (χ3v) is 5.32. The summed E-state index contributed by atoms with van der Waals surface area (Å²) in [5.41, 5.74) is 1.18. The first-order valence-electron chi connectivity index (χ1n) is 8.64. The number of hydrogen-bond donors (Lipinski definition) is 1. The Labute approximate surface area is 157 Å². The molecule has 0 saturated carbocycles. The number of hydrogen-bond acceptors (Lipinski definition) is 3. The van der Waals surface area contributed by atoms with E-state index < -0.39 is 0 Å². The second kappa shape index (κ2) is 9.64. The number of nitrogens with one attached hydrogen (secondary N) is 1. The standard InChI is InChI=1S/C17H28N4O.2ClH/c1-13(14-5-3-7-18-10-14)9-17(22)21-8-4-6-16(21)15-11-19-20(2)12-15;;/h11-14,16,18H,3-10H2,1-2H3;2*1H. The first kappa shape index (κ1) is 21.3. The van der Waals surface area contributed by atoms with Crippen LogP contribution in [-0.2, 0) is 11.8 Å². The highest BCUT2D eigenvalue weighted by molar-refractivity contribution is 5.85. The van der Waals surface area contributed by atoms with E-state index in [1.807, 2.05) is 24.1 Å². The number of halogens is 2. The summed E-state index contributed by atoms with van der Waals surface area (Å²) in [6, 6.07) is 0.234. The van der Waals surface area contributed by atoms with Crippen molar-refractivity contribution in [2.45, 2.75) is 45.1 Å². The van der Waals surface area contributed by atoms with E-state index in [0.717, 1.165) is 32.5 Å². The molecule has 0 aliphatic carbocycles. The summed E-state index contributed by atoms with van der Waals surface area (Å²) in [6.07, 6.45) is 9.30. The molecule has 2 saturated heterocycles. The second-order valence-electron chi connectivity index (χ2n) is 6.98. The molecule has 2 aliphatic heterocycles. The zero-order valence-electron chi connectivity index (χ0n) is 14.6. The maximum Gasteiger partial charge on any atom is 0.223 e. The fourth-order valence-corrected chi connectivity index (χ4v) is 3.95. The summed E-state index contributed by atoms with van der Waals surface area (Å²) in [5, 5.41) is 7.72. The van der Waals surface area contributed by atoms with E-state index in [1.165, 1.54) is 18.4 Å². The Morgan fingerprint density at radius 2 is 2.17 bits per heavy atom. The third-order valence-electron chi connectivity index (χ3n) is 5.32. The number of aryl methyl sites for hydroxylation is 1. The van der Waals surface area contributed by atoms with E-state index in [1.54, 1.807) is 0 Å². The largest absolute Gasteiger partial charge is 0.336 e. The number of carbonyl (C=O) groups is 1. The number of piperidine rings is 1. The van der Waals surface area contributed by atoms with E-state index in [2.05, 4.69) is 22.2 Å². The van der Waals surface area contributed by atoms with E-state index in [-0.39, 0.29) is 30.9 Å². The predicted octanol–water partition coefficient (Wildman–Crippen LogP) is 2.95. The zero-order valence-corrected chi connectivity index (χ0v) is 16.2. The summed E-state index contributed by atoms with van der Waals surface area (Å²) < 4.78 is 1.83. The molecule has 0 aromatic carbocycles. The normalized spacial score (nSPS) is 24.8. The zero-order chi connectivity index (χ0) is 15.5. The van der Waals surface area contributed by atoms with E-state index >= 15 is 0 Å². The number of amides is 1. The quantitative estimate of drug-likeness (QED) is 0.878. The molecule has 2 aliphatic rings. The van der Waals surface area contributed by atoms with Gasteiger partial charge in [-0.15, -0.1) is 24.8 Å². The number of aromatic nitrogens is 2. The number of rotatable bonds is 4. The minimum absolute atomic E-state index is 0. The highest BCUT2D eigenvalue weighted by atomic mass is 35.5. The summed E-state index contributed by atoms with van der Waals surface area (Å²) in [4.78, 5) is 14.9. The van der Waals surface area contributed by atoms with Crippen LogP contribution in [0.5, 0.6) is 0 Å². The van der Waals surface area contributed by atoms with Crippen LogP contribution >= 0.6 is 24.8 Å². The summed E-state index contributed by atoms with van der Waals surface area (Å²) in [5.74, 6) is 1.44. The van der Waals surface area contributed by atoms with Gasteiger partial charge in [0.15, 0.2) is 0 Å². The Morgan fingerprint density at radius 1 is 1.38 bits per heavy atom. The van der Waals surface area contributed by atoms with Crippen molar-refractivity contribution in [3.8, 4) is 0 Å². The van der Waals surface area contributed by atoms with Crippen molar-refractivity contribution in [1.29, 1.82) is 0 Å². The fraction of sp³-hybridized carbons (Fsp3) is 0.765. The molecule has 3 rings (SSSR count). The van der Waals surface area contributed by atoms with E-state index in [4.69, 9.17) is 0 Å². The van der Waals surface area contributed by atoms with Crippen molar-refractivity contribution in [2.75, 3.05) is 19.6 Å². The molecule has 1 aromatic rings. The van der Waals surface area contributed by atoms with E-state index in [9.17, 15) is 4.79 Å². The van der Waals surface area contributed by atoms with Crippen molar-refractivity contribution in [3.05, 3.63) is 18.0 Å². The molecule has 0 radical (unpaired) electrons. The van der Waals surface area contributed by atoms with Crippen LogP contribution in [0.3, 0.4) is 0 Å². The first-order chi connectivity index (χ1) is 10.6. The van der Waals surface area contributed by atoms with Crippen molar-refractivity contribution in [1.82, 2.24) is 20.0 Å². The van der Waals surface area contributed by atoms with Crippen LogP contribution < -0.4 is 5.32 Å². The number of nitrogens with zero attached hydrogens (tertiary/aromatic N) is 3. The van der Waals surface area contributed by atoms with Crippen LogP contribution in [0.1, 0.15) is 50.6 Å². The van der Waals surface area contributed by atoms with Crippen LogP contribution in [0.4, 0.5) is 0 Å². The number of likely N-dealkylation sites (tertiary alicyclic amines) is 1. The molecule has 3 atom stereocenters. The van der Waals surface area contributed by atoms with Gasteiger partial charge in [0, 0.05) is 31.8 Å². The average Bonchev–Trinajstić information content (AvgIpc) is 3.16. The first-order valence-corrected chi connectivity index (χ1v) is 8.64. The molecule has 1 amide bonds. The lowest BCUT2D eigenvalue weighted by Gasteiger charge is -2.30. The highest BCUT2D eigenvalue weighted by Crippen LogP contribution is 2.33.